The van der Waals surface area contributed by atoms with Crippen LogP contribution in [0.25, 0.3) is 0 Å². The van der Waals surface area contributed by atoms with Gasteiger partial charge in [-0.2, -0.15) is 5.26 Å². The van der Waals surface area contributed by atoms with E-state index in [-0.39, 0.29) is 0 Å². The van der Waals surface area contributed by atoms with E-state index in [2.05, 4.69) is 0 Å². The van der Waals surface area contributed by atoms with E-state index in [9.17, 15) is 5.11 Å². The third kappa shape index (κ3) is 2.11. The van der Waals surface area contributed by atoms with Gasteiger partial charge in [0.1, 0.15) is 5.75 Å². The molecule has 0 heterocycles. The molecule has 0 saturated carbocycles. The van der Waals surface area contributed by atoms with Crippen LogP contribution in [-0.4, -0.2) is 12.2 Å². The Hall–Kier alpha value is -1.24. The molecular weight excluding hydrogens is 190 g/mol. The first-order valence-electron chi connectivity index (χ1n) is 3.60. The van der Waals surface area contributed by atoms with Crippen molar-refractivity contribution in [3.63, 3.8) is 0 Å². The summed E-state index contributed by atoms with van der Waals surface area (Å²) in [5, 5.41) is 18.2. The highest BCUT2D eigenvalue weighted by atomic mass is 35.5. The van der Waals surface area contributed by atoms with Crippen LogP contribution in [0, 0.1) is 11.3 Å². The van der Waals surface area contributed by atoms with Crippen LogP contribution in [0.4, 0.5) is 0 Å². The molecule has 4 heteroatoms. The lowest BCUT2D eigenvalue weighted by atomic mass is 10.1. The summed E-state index contributed by atoms with van der Waals surface area (Å²) in [4.78, 5) is 0. The fourth-order valence-corrected chi connectivity index (χ4v) is 1.17. The first-order chi connectivity index (χ1) is 6.19. The summed E-state index contributed by atoms with van der Waals surface area (Å²) in [6.07, 6.45) is -1.20. The molecule has 0 bridgehead atoms. The fourth-order valence-electron chi connectivity index (χ4n) is 0.988. The Bertz CT molecular complexity index is 346. The summed E-state index contributed by atoms with van der Waals surface area (Å²) in [7, 11) is 1.47. The lowest BCUT2D eigenvalue weighted by Gasteiger charge is -2.08. The fraction of sp³-hybridized carbons (Fsp3) is 0.222. The largest absolute Gasteiger partial charge is 0.496 e. The Morgan fingerprint density at radius 2 is 2.31 bits per heavy atom. The van der Waals surface area contributed by atoms with E-state index in [1.165, 1.54) is 13.2 Å². The zero-order chi connectivity index (χ0) is 9.84. The minimum atomic E-state index is -1.20. The van der Waals surface area contributed by atoms with Gasteiger partial charge in [-0.3, -0.25) is 0 Å². The molecule has 13 heavy (non-hydrogen) atoms. The summed E-state index contributed by atoms with van der Waals surface area (Å²) in [6, 6.07) is 6.45. The first-order valence-corrected chi connectivity index (χ1v) is 3.98. The van der Waals surface area contributed by atoms with Crippen LogP contribution in [0.2, 0.25) is 5.02 Å². The number of methoxy groups -OCH3 is 1. The summed E-state index contributed by atoms with van der Waals surface area (Å²) in [6.45, 7) is 0. The van der Waals surface area contributed by atoms with Gasteiger partial charge in [-0.15, -0.1) is 0 Å². The van der Waals surface area contributed by atoms with Crippen LogP contribution in [0.15, 0.2) is 18.2 Å². The normalized spacial score (nSPS) is 11.8. The van der Waals surface area contributed by atoms with E-state index >= 15 is 0 Å². The summed E-state index contributed by atoms with van der Waals surface area (Å²) < 4.78 is 4.95. The van der Waals surface area contributed by atoms with Gasteiger partial charge in [0.25, 0.3) is 0 Å². The number of rotatable bonds is 2. The molecule has 0 aliphatic rings. The minimum absolute atomic E-state index is 0.387. The molecule has 0 spiro atoms. The third-order valence-corrected chi connectivity index (χ3v) is 1.84. The SMILES string of the molecule is COc1ccc(Cl)cc1C(O)C#N. The Kier molecular flexibility index (Phi) is 3.13. The molecular formula is C9H8ClNO2. The molecule has 0 radical (unpaired) electrons. The van der Waals surface area contributed by atoms with Gasteiger partial charge >= 0.3 is 0 Å². The van der Waals surface area contributed by atoms with Gasteiger partial charge in [0, 0.05) is 10.6 Å². The van der Waals surface area contributed by atoms with Crippen LogP contribution in [0.5, 0.6) is 5.75 Å². The van der Waals surface area contributed by atoms with Crippen molar-refractivity contribution in [2.24, 2.45) is 0 Å². The van der Waals surface area contributed by atoms with E-state index in [0.29, 0.717) is 16.3 Å². The molecule has 0 saturated heterocycles. The van der Waals surface area contributed by atoms with Crippen LogP contribution in [0.1, 0.15) is 11.7 Å². The number of ether oxygens (including phenoxy) is 1. The molecule has 0 fully saturated rings. The Balaban J connectivity index is 3.17. The number of benzene rings is 1. The minimum Gasteiger partial charge on any atom is -0.496 e. The number of hydrogen-bond acceptors (Lipinski definition) is 3. The van der Waals surface area contributed by atoms with E-state index in [4.69, 9.17) is 21.6 Å². The predicted molar refractivity (Wildman–Crippen MR) is 48.6 cm³/mol. The van der Waals surface area contributed by atoms with E-state index in [1.54, 1.807) is 18.2 Å². The maximum atomic E-state index is 9.27. The van der Waals surface area contributed by atoms with Crippen molar-refractivity contribution in [1.29, 1.82) is 5.26 Å². The number of hydrogen-bond donors (Lipinski definition) is 1. The molecule has 3 nitrogen and oxygen atoms in total. The molecule has 1 aromatic rings. The lowest BCUT2D eigenvalue weighted by Crippen LogP contribution is -1.97. The number of nitrogens with zero attached hydrogens (tertiary/aromatic N) is 1. The predicted octanol–water partition coefficient (Wildman–Crippen LogP) is 1.91. The highest BCUT2D eigenvalue weighted by molar-refractivity contribution is 6.30. The highest BCUT2D eigenvalue weighted by Crippen LogP contribution is 2.27. The van der Waals surface area contributed by atoms with Crippen molar-refractivity contribution < 1.29 is 9.84 Å². The van der Waals surface area contributed by atoms with Crippen molar-refractivity contribution in [3.05, 3.63) is 28.8 Å². The monoisotopic (exact) mass is 197 g/mol. The van der Waals surface area contributed by atoms with Gasteiger partial charge in [0.2, 0.25) is 0 Å². The smallest absolute Gasteiger partial charge is 0.169 e. The lowest BCUT2D eigenvalue weighted by molar-refractivity contribution is 0.230. The number of halogens is 1. The number of aliphatic hydroxyl groups is 1. The summed E-state index contributed by atoms with van der Waals surface area (Å²) in [5.41, 5.74) is 0.387. The molecule has 0 amide bonds. The van der Waals surface area contributed by atoms with Crippen molar-refractivity contribution >= 4 is 11.6 Å². The Morgan fingerprint density at radius 1 is 1.62 bits per heavy atom. The molecule has 0 aliphatic heterocycles. The van der Waals surface area contributed by atoms with Crippen LogP contribution < -0.4 is 4.74 Å². The molecule has 1 unspecified atom stereocenters. The van der Waals surface area contributed by atoms with Gasteiger partial charge in [-0.05, 0) is 18.2 Å². The van der Waals surface area contributed by atoms with Crippen molar-refractivity contribution in [1.82, 2.24) is 0 Å². The number of nitriles is 1. The number of aliphatic hydroxyl groups excluding tert-OH is 1. The van der Waals surface area contributed by atoms with Crippen molar-refractivity contribution in [3.8, 4) is 11.8 Å². The van der Waals surface area contributed by atoms with Crippen LogP contribution in [0.3, 0.4) is 0 Å². The quantitative estimate of drug-likeness (QED) is 0.737. The molecule has 1 atom stereocenters. The van der Waals surface area contributed by atoms with Crippen LogP contribution in [-0.2, 0) is 0 Å². The van der Waals surface area contributed by atoms with Gasteiger partial charge in [0.05, 0.1) is 13.2 Å². The molecule has 1 rings (SSSR count). The van der Waals surface area contributed by atoms with Gasteiger partial charge in [0.15, 0.2) is 6.10 Å². The molecule has 1 N–H and O–H groups in total. The average Bonchev–Trinajstić information content (AvgIpc) is 2.16. The van der Waals surface area contributed by atoms with Crippen molar-refractivity contribution in [2.45, 2.75) is 6.10 Å². The zero-order valence-corrected chi connectivity index (χ0v) is 7.75. The summed E-state index contributed by atoms with van der Waals surface area (Å²) in [5.74, 6) is 0.457. The second-order valence-corrected chi connectivity index (χ2v) is 2.85. The van der Waals surface area contributed by atoms with Crippen LogP contribution >= 0.6 is 11.6 Å². The van der Waals surface area contributed by atoms with Crippen molar-refractivity contribution in [2.75, 3.05) is 7.11 Å². The molecule has 0 aromatic heterocycles. The maximum Gasteiger partial charge on any atom is 0.169 e. The topological polar surface area (TPSA) is 53.2 Å². The summed E-state index contributed by atoms with van der Waals surface area (Å²) >= 11 is 5.70. The second kappa shape index (κ2) is 4.13. The van der Waals surface area contributed by atoms with E-state index in [0.717, 1.165) is 0 Å². The second-order valence-electron chi connectivity index (χ2n) is 2.42. The standard InChI is InChI=1S/C9H8ClNO2/c1-13-9-3-2-6(10)4-7(9)8(12)5-11/h2-4,8,12H,1H3. The zero-order valence-electron chi connectivity index (χ0n) is 6.99. The Labute approximate surface area is 81.1 Å². The van der Waals surface area contributed by atoms with E-state index in [1.807, 2.05) is 0 Å². The highest BCUT2D eigenvalue weighted by Gasteiger charge is 2.12. The molecule has 1 aromatic carbocycles. The molecule has 68 valence electrons. The maximum absolute atomic E-state index is 9.27. The molecule has 0 aliphatic carbocycles. The van der Waals surface area contributed by atoms with Gasteiger partial charge < -0.3 is 9.84 Å². The first kappa shape index (κ1) is 9.85. The van der Waals surface area contributed by atoms with Gasteiger partial charge in [-0.25, -0.2) is 0 Å². The van der Waals surface area contributed by atoms with Gasteiger partial charge in [-0.1, -0.05) is 11.6 Å². The Morgan fingerprint density at radius 3 is 2.85 bits per heavy atom. The third-order valence-electron chi connectivity index (χ3n) is 1.61. The van der Waals surface area contributed by atoms with E-state index < -0.39 is 6.10 Å². The average molecular weight is 198 g/mol.